The lowest BCUT2D eigenvalue weighted by Crippen LogP contribution is -2.49. The molecule has 22 heavy (non-hydrogen) atoms. The minimum Gasteiger partial charge on any atom is -0.392 e. The molecule has 0 bridgehead atoms. The minimum absolute atomic E-state index is 0.0413. The molecule has 0 aromatic heterocycles. The summed E-state index contributed by atoms with van der Waals surface area (Å²) in [6.45, 7) is 3.14. The average molecular weight is 308 g/mol. The van der Waals surface area contributed by atoms with E-state index in [1.165, 1.54) is 6.07 Å². The lowest BCUT2D eigenvalue weighted by atomic mass is 9.98. The summed E-state index contributed by atoms with van der Waals surface area (Å²) < 4.78 is 13.7. The second-order valence-corrected chi connectivity index (χ2v) is 6.12. The highest BCUT2D eigenvalue weighted by molar-refractivity contribution is 5.78. The molecular formula is C17H25FN2O2. The predicted molar refractivity (Wildman–Crippen MR) is 83.8 cm³/mol. The van der Waals surface area contributed by atoms with Crippen LogP contribution in [0.25, 0.3) is 0 Å². The number of nitrogens with zero attached hydrogens (tertiary/aromatic N) is 2. The van der Waals surface area contributed by atoms with Crippen molar-refractivity contribution in [3.05, 3.63) is 35.6 Å². The Bertz CT molecular complexity index is 507. The second-order valence-electron chi connectivity index (χ2n) is 6.12. The maximum atomic E-state index is 13.7. The third-order valence-electron chi connectivity index (χ3n) is 4.35. The highest BCUT2D eigenvalue weighted by Crippen LogP contribution is 2.20. The molecule has 2 rings (SSSR count). The molecule has 4 nitrogen and oxygen atoms in total. The Kier molecular flexibility index (Phi) is 5.91. The molecule has 2 unspecified atom stereocenters. The number of aliphatic hydroxyl groups is 1. The van der Waals surface area contributed by atoms with Crippen LogP contribution in [0.4, 0.5) is 4.39 Å². The van der Waals surface area contributed by atoms with E-state index in [1.807, 2.05) is 4.90 Å². The maximum absolute atomic E-state index is 13.7. The molecule has 122 valence electrons. The van der Waals surface area contributed by atoms with Crippen LogP contribution in [-0.2, 0) is 11.3 Å². The number of aliphatic hydroxyl groups excluding tert-OH is 1. The Morgan fingerprint density at radius 1 is 1.45 bits per heavy atom. The van der Waals surface area contributed by atoms with Crippen LogP contribution in [0.2, 0.25) is 0 Å². The van der Waals surface area contributed by atoms with Gasteiger partial charge < -0.3 is 10.0 Å². The average Bonchev–Trinajstić information content (AvgIpc) is 2.49. The highest BCUT2D eigenvalue weighted by Gasteiger charge is 2.28. The molecule has 1 heterocycles. The number of hydrogen-bond donors (Lipinski definition) is 1. The van der Waals surface area contributed by atoms with Crippen molar-refractivity contribution in [3.8, 4) is 0 Å². The van der Waals surface area contributed by atoms with E-state index >= 15 is 0 Å². The summed E-state index contributed by atoms with van der Waals surface area (Å²) in [6, 6.07) is 6.55. The first-order valence-corrected chi connectivity index (χ1v) is 7.88. The quantitative estimate of drug-likeness (QED) is 0.905. The van der Waals surface area contributed by atoms with E-state index < -0.39 is 6.10 Å². The number of hydrogen-bond acceptors (Lipinski definition) is 3. The summed E-state index contributed by atoms with van der Waals surface area (Å²) >= 11 is 0. The molecule has 1 amide bonds. The first kappa shape index (κ1) is 16.9. The van der Waals surface area contributed by atoms with Crippen LogP contribution in [0.1, 0.15) is 31.7 Å². The molecule has 1 saturated heterocycles. The molecule has 1 aliphatic rings. The number of piperidine rings is 1. The number of likely N-dealkylation sites (tertiary alicyclic amines) is 1. The normalized spacial score (nSPS) is 20.6. The molecule has 1 N–H and O–H groups in total. The van der Waals surface area contributed by atoms with Gasteiger partial charge in [-0.1, -0.05) is 24.6 Å². The van der Waals surface area contributed by atoms with E-state index in [0.29, 0.717) is 5.56 Å². The lowest BCUT2D eigenvalue weighted by Gasteiger charge is -2.37. The number of carbonyl (C=O) groups excluding carboxylic acids is 1. The van der Waals surface area contributed by atoms with Gasteiger partial charge in [0.05, 0.1) is 12.6 Å². The van der Waals surface area contributed by atoms with Crippen molar-refractivity contribution in [3.63, 3.8) is 0 Å². The van der Waals surface area contributed by atoms with Crippen molar-refractivity contribution in [2.75, 3.05) is 20.1 Å². The van der Waals surface area contributed by atoms with Crippen molar-refractivity contribution in [2.45, 2.75) is 44.9 Å². The van der Waals surface area contributed by atoms with Gasteiger partial charge in [0.1, 0.15) is 5.82 Å². The van der Waals surface area contributed by atoms with Gasteiger partial charge in [-0.15, -0.1) is 0 Å². The van der Waals surface area contributed by atoms with E-state index in [9.17, 15) is 14.3 Å². The molecule has 1 fully saturated rings. The Labute approximate surface area is 131 Å². The lowest BCUT2D eigenvalue weighted by molar-refractivity contribution is -0.133. The van der Waals surface area contributed by atoms with Gasteiger partial charge in [0.25, 0.3) is 0 Å². The predicted octanol–water partition coefficient (Wildman–Crippen LogP) is 2.02. The first-order chi connectivity index (χ1) is 10.5. The van der Waals surface area contributed by atoms with E-state index in [-0.39, 0.29) is 30.9 Å². The van der Waals surface area contributed by atoms with E-state index in [1.54, 1.807) is 37.1 Å². The van der Waals surface area contributed by atoms with Crippen LogP contribution in [0.3, 0.4) is 0 Å². The number of benzene rings is 1. The fourth-order valence-electron chi connectivity index (χ4n) is 3.02. The summed E-state index contributed by atoms with van der Waals surface area (Å²) in [5.41, 5.74) is 0.518. The fourth-order valence-corrected chi connectivity index (χ4v) is 3.02. The molecule has 0 aliphatic carbocycles. The van der Waals surface area contributed by atoms with Gasteiger partial charge in [0, 0.05) is 25.2 Å². The molecule has 1 aliphatic heterocycles. The van der Waals surface area contributed by atoms with Crippen molar-refractivity contribution in [1.29, 1.82) is 0 Å². The summed E-state index contributed by atoms with van der Waals surface area (Å²) in [5.74, 6) is -0.335. The van der Waals surface area contributed by atoms with Crippen molar-refractivity contribution < 1.29 is 14.3 Å². The zero-order chi connectivity index (χ0) is 16.1. The number of halogens is 1. The van der Waals surface area contributed by atoms with Gasteiger partial charge in [0.15, 0.2) is 0 Å². The number of rotatable bonds is 5. The standard InChI is InChI=1S/C17H25FN2O2/c1-13(21)16-9-5-6-10-20(16)12-17(22)19(2)11-14-7-3-4-8-15(14)18/h3-4,7-8,13,16,21H,5-6,9-12H2,1-2H3. The third-order valence-corrected chi connectivity index (χ3v) is 4.35. The van der Waals surface area contributed by atoms with Crippen molar-refractivity contribution >= 4 is 5.91 Å². The van der Waals surface area contributed by atoms with Crippen molar-refractivity contribution in [2.24, 2.45) is 0 Å². The molecule has 0 saturated carbocycles. The van der Waals surface area contributed by atoms with Gasteiger partial charge in [-0.25, -0.2) is 4.39 Å². The van der Waals surface area contributed by atoms with Gasteiger partial charge in [-0.2, -0.15) is 0 Å². The Balaban J connectivity index is 1.94. The molecule has 5 heteroatoms. The van der Waals surface area contributed by atoms with Crippen molar-refractivity contribution in [1.82, 2.24) is 9.80 Å². The van der Waals surface area contributed by atoms with Gasteiger partial charge in [-0.3, -0.25) is 9.69 Å². The number of likely N-dealkylation sites (N-methyl/N-ethyl adjacent to an activating group) is 1. The minimum atomic E-state index is -0.440. The van der Waals surface area contributed by atoms with Crippen LogP contribution in [0, 0.1) is 5.82 Å². The van der Waals surface area contributed by atoms with Crippen LogP contribution < -0.4 is 0 Å². The second kappa shape index (κ2) is 7.70. The first-order valence-electron chi connectivity index (χ1n) is 7.88. The van der Waals surface area contributed by atoms with Crippen LogP contribution in [0.15, 0.2) is 24.3 Å². The molecule has 1 aromatic carbocycles. The van der Waals surface area contributed by atoms with Crippen LogP contribution >= 0.6 is 0 Å². The Hall–Kier alpha value is -1.46. The Morgan fingerprint density at radius 2 is 2.18 bits per heavy atom. The van der Waals surface area contributed by atoms with E-state index in [4.69, 9.17) is 0 Å². The number of carbonyl (C=O) groups is 1. The maximum Gasteiger partial charge on any atom is 0.236 e. The molecule has 1 aromatic rings. The zero-order valence-corrected chi connectivity index (χ0v) is 13.3. The molecule has 0 spiro atoms. The topological polar surface area (TPSA) is 43.8 Å². The SMILES string of the molecule is CC(O)C1CCCCN1CC(=O)N(C)Cc1ccccc1F. The third kappa shape index (κ3) is 4.27. The highest BCUT2D eigenvalue weighted by atomic mass is 19.1. The summed E-state index contributed by atoms with van der Waals surface area (Å²) in [6.07, 6.45) is 2.62. The summed E-state index contributed by atoms with van der Waals surface area (Å²) in [4.78, 5) is 16.0. The molecule has 0 radical (unpaired) electrons. The number of amides is 1. The van der Waals surface area contributed by atoms with Gasteiger partial charge in [0.2, 0.25) is 5.91 Å². The molecular weight excluding hydrogens is 283 g/mol. The van der Waals surface area contributed by atoms with Crippen LogP contribution in [0.5, 0.6) is 0 Å². The van der Waals surface area contributed by atoms with Crippen LogP contribution in [-0.4, -0.2) is 53.1 Å². The largest absolute Gasteiger partial charge is 0.392 e. The van der Waals surface area contributed by atoms with Gasteiger partial charge in [-0.05, 0) is 32.4 Å². The fraction of sp³-hybridized carbons (Fsp3) is 0.588. The van der Waals surface area contributed by atoms with E-state index in [0.717, 1.165) is 25.8 Å². The molecule has 2 atom stereocenters. The summed E-state index contributed by atoms with van der Waals surface area (Å²) in [5, 5.41) is 9.85. The smallest absolute Gasteiger partial charge is 0.236 e. The Morgan fingerprint density at radius 3 is 2.86 bits per heavy atom. The van der Waals surface area contributed by atoms with Gasteiger partial charge >= 0.3 is 0 Å². The van der Waals surface area contributed by atoms with E-state index in [2.05, 4.69) is 0 Å². The summed E-state index contributed by atoms with van der Waals surface area (Å²) in [7, 11) is 1.69. The monoisotopic (exact) mass is 308 g/mol. The zero-order valence-electron chi connectivity index (χ0n) is 13.3.